The molecule has 0 aliphatic heterocycles. The summed E-state index contributed by atoms with van der Waals surface area (Å²) in [5.41, 5.74) is 6.73. The third-order valence-electron chi connectivity index (χ3n) is 3.03. The Morgan fingerprint density at radius 2 is 1.70 bits per heavy atom. The number of pyridine rings is 1. The zero-order chi connectivity index (χ0) is 16.8. The second-order valence-corrected chi connectivity index (χ2v) is 7.70. The zero-order valence-corrected chi connectivity index (χ0v) is 15.5. The first-order chi connectivity index (χ1) is 11.0. The van der Waals surface area contributed by atoms with Crippen molar-refractivity contribution in [3.8, 4) is 10.4 Å². The predicted molar refractivity (Wildman–Crippen MR) is 100 cm³/mol. The van der Waals surface area contributed by atoms with Crippen LogP contribution in [0.1, 0.15) is 49.5 Å². The number of hydrogen-bond donors (Lipinski definition) is 1. The van der Waals surface area contributed by atoms with Gasteiger partial charge >= 0.3 is 0 Å². The van der Waals surface area contributed by atoms with Crippen molar-refractivity contribution < 1.29 is 0 Å². The first kappa shape index (κ1) is 17.6. The van der Waals surface area contributed by atoms with Crippen LogP contribution in [-0.4, -0.2) is 15.0 Å². The predicted octanol–water partition coefficient (Wildman–Crippen LogP) is 5.18. The van der Waals surface area contributed by atoms with Gasteiger partial charge in [-0.3, -0.25) is 0 Å². The third kappa shape index (κ3) is 5.11. The molecule has 3 aromatic heterocycles. The molecule has 0 saturated carbocycles. The van der Waals surface area contributed by atoms with Crippen molar-refractivity contribution in [1.82, 2.24) is 15.0 Å². The molecule has 0 unspecified atom stereocenters. The van der Waals surface area contributed by atoms with Gasteiger partial charge in [0.2, 0.25) is 0 Å². The maximum atomic E-state index is 5.64. The average molecular weight is 347 g/mol. The minimum atomic E-state index is 0.475. The molecule has 6 heteroatoms. The van der Waals surface area contributed by atoms with E-state index < -0.39 is 0 Å². The van der Waals surface area contributed by atoms with Gasteiger partial charge in [-0.1, -0.05) is 27.7 Å². The summed E-state index contributed by atoms with van der Waals surface area (Å²) in [6.07, 6.45) is 5.47. The molecule has 3 heterocycles. The summed E-state index contributed by atoms with van der Waals surface area (Å²) in [6, 6.07) is 3.82. The van der Waals surface area contributed by atoms with Crippen LogP contribution in [0.3, 0.4) is 0 Å². The normalized spacial score (nSPS) is 10.7. The smallest absolute Gasteiger partial charge is 0.123 e. The Balaban J connectivity index is 0.000000203. The van der Waals surface area contributed by atoms with E-state index in [1.54, 1.807) is 28.9 Å². The molecule has 0 bridgehead atoms. The number of nitrogen functional groups attached to an aromatic ring is 1. The van der Waals surface area contributed by atoms with Crippen molar-refractivity contribution in [3.63, 3.8) is 0 Å². The molecule has 0 spiro atoms. The van der Waals surface area contributed by atoms with Crippen LogP contribution in [0.15, 0.2) is 36.1 Å². The highest BCUT2D eigenvalue weighted by molar-refractivity contribution is 7.15. The van der Waals surface area contributed by atoms with E-state index in [-0.39, 0.29) is 0 Å². The molecule has 2 N–H and O–H groups in total. The van der Waals surface area contributed by atoms with Crippen LogP contribution in [0.5, 0.6) is 0 Å². The highest BCUT2D eigenvalue weighted by atomic mass is 32.1. The summed E-state index contributed by atoms with van der Waals surface area (Å²) in [5, 5.41) is 4.39. The van der Waals surface area contributed by atoms with Crippen LogP contribution in [0.25, 0.3) is 10.4 Å². The van der Waals surface area contributed by atoms with Gasteiger partial charge in [0.15, 0.2) is 0 Å². The molecule has 3 rings (SSSR count). The number of rotatable bonds is 3. The van der Waals surface area contributed by atoms with E-state index in [0.717, 1.165) is 15.4 Å². The van der Waals surface area contributed by atoms with Crippen LogP contribution in [0.2, 0.25) is 0 Å². The number of anilines is 1. The lowest BCUT2D eigenvalue weighted by Gasteiger charge is -1.98. The number of nitrogens with zero attached hydrogens (tertiary/aromatic N) is 3. The van der Waals surface area contributed by atoms with Crippen molar-refractivity contribution in [2.45, 2.75) is 39.5 Å². The van der Waals surface area contributed by atoms with Crippen molar-refractivity contribution in [3.05, 3.63) is 46.1 Å². The van der Waals surface area contributed by atoms with Gasteiger partial charge in [-0.2, -0.15) is 0 Å². The van der Waals surface area contributed by atoms with E-state index in [1.807, 2.05) is 29.9 Å². The summed E-state index contributed by atoms with van der Waals surface area (Å²) in [6.45, 7) is 8.59. The fourth-order valence-electron chi connectivity index (χ4n) is 1.81. The second kappa shape index (κ2) is 8.17. The van der Waals surface area contributed by atoms with Gasteiger partial charge in [0.1, 0.15) is 5.82 Å². The van der Waals surface area contributed by atoms with Gasteiger partial charge in [0, 0.05) is 35.8 Å². The number of nitrogens with two attached hydrogens (primary N) is 1. The molecule has 0 atom stereocenters. The summed E-state index contributed by atoms with van der Waals surface area (Å²) in [5.74, 6) is 1.62. The van der Waals surface area contributed by atoms with Gasteiger partial charge in [0.05, 0.1) is 14.9 Å². The average Bonchev–Trinajstić information content (AvgIpc) is 3.20. The maximum absolute atomic E-state index is 5.64. The first-order valence-corrected chi connectivity index (χ1v) is 9.24. The Labute approximate surface area is 145 Å². The van der Waals surface area contributed by atoms with E-state index in [0.29, 0.717) is 17.7 Å². The lowest BCUT2D eigenvalue weighted by atomic mass is 10.2. The minimum absolute atomic E-state index is 0.475. The Morgan fingerprint density at radius 1 is 0.957 bits per heavy atom. The summed E-state index contributed by atoms with van der Waals surface area (Å²) in [4.78, 5) is 13.6. The molecule has 23 heavy (non-hydrogen) atoms. The molecule has 0 saturated heterocycles. The van der Waals surface area contributed by atoms with E-state index >= 15 is 0 Å². The standard InChI is InChI=1S/C11H13N3S.C6H9NS/c1-7(2)11-14-6-9(15-11)8-3-4-13-10(12)5-8;1-5(2)6-7-3-4-8-6/h3-7H,1-2H3,(H2,12,13);3-5H,1-2H3. The maximum Gasteiger partial charge on any atom is 0.123 e. The van der Waals surface area contributed by atoms with Crippen LogP contribution >= 0.6 is 22.7 Å². The largest absolute Gasteiger partial charge is 0.384 e. The summed E-state index contributed by atoms with van der Waals surface area (Å²) in [7, 11) is 0. The highest BCUT2D eigenvalue weighted by Crippen LogP contribution is 2.29. The summed E-state index contributed by atoms with van der Waals surface area (Å²) < 4.78 is 0. The van der Waals surface area contributed by atoms with Crippen molar-refractivity contribution in [2.24, 2.45) is 0 Å². The zero-order valence-electron chi connectivity index (χ0n) is 13.9. The van der Waals surface area contributed by atoms with Crippen molar-refractivity contribution in [2.75, 3.05) is 5.73 Å². The number of thiazole rings is 2. The van der Waals surface area contributed by atoms with Crippen LogP contribution < -0.4 is 5.73 Å². The molecule has 0 aliphatic carbocycles. The van der Waals surface area contributed by atoms with Gasteiger partial charge in [-0.15, -0.1) is 22.7 Å². The van der Waals surface area contributed by atoms with E-state index in [9.17, 15) is 0 Å². The fourth-order valence-corrected chi connectivity index (χ4v) is 3.38. The Kier molecular flexibility index (Phi) is 6.24. The molecule has 4 nitrogen and oxygen atoms in total. The number of aromatic nitrogens is 3. The number of hydrogen-bond acceptors (Lipinski definition) is 6. The lowest BCUT2D eigenvalue weighted by molar-refractivity contribution is 0.852. The molecular weight excluding hydrogens is 324 g/mol. The monoisotopic (exact) mass is 346 g/mol. The Morgan fingerprint density at radius 3 is 2.17 bits per heavy atom. The molecule has 3 aromatic rings. The van der Waals surface area contributed by atoms with E-state index in [4.69, 9.17) is 5.73 Å². The molecule has 122 valence electrons. The third-order valence-corrected chi connectivity index (χ3v) is 5.45. The molecular formula is C17H22N4S2. The Hall–Kier alpha value is -1.79. The van der Waals surface area contributed by atoms with E-state index in [2.05, 4.69) is 42.6 Å². The highest BCUT2D eigenvalue weighted by Gasteiger charge is 2.07. The quantitative estimate of drug-likeness (QED) is 0.710. The van der Waals surface area contributed by atoms with Crippen LogP contribution in [-0.2, 0) is 0 Å². The van der Waals surface area contributed by atoms with Crippen LogP contribution in [0, 0.1) is 0 Å². The van der Waals surface area contributed by atoms with Gasteiger partial charge in [-0.25, -0.2) is 15.0 Å². The lowest BCUT2D eigenvalue weighted by Crippen LogP contribution is -1.88. The molecule has 0 aliphatic rings. The molecule has 0 aromatic carbocycles. The van der Waals surface area contributed by atoms with Crippen molar-refractivity contribution >= 4 is 28.5 Å². The second-order valence-electron chi connectivity index (χ2n) is 5.71. The minimum Gasteiger partial charge on any atom is -0.384 e. The van der Waals surface area contributed by atoms with Gasteiger partial charge in [-0.05, 0) is 17.7 Å². The van der Waals surface area contributed by atoms with Gasteiger partial charge in [0.25, 0.3) is 0 Å². The van der Waals surface area contributed by atoms with E-state index in [1.165, 1.54) is 5.01 Å². The molecule has 0 fully saturated rings. The SMILES string of the molecule is CC(C)c1ncc(-c2ccnc(N)c2)s1.CC(C)c1nccs1. The van der Waals surface area contributed by atoms with Crippen LogP contribution in [0.4, 0.5) is 5.82 Å². The first-order valence-electron chi connectivity index (χ1n) is 7.54. The Bertz CT molecular complexity index is 718. The van der Waals surface area contributed by atoms with Gasteiger partial charge < -0.3 is 5.73 Å². The fraction of sp³-hybridized carbons (Fsp3) is 0.353. The summed E-state index contributed by atoms with van der Waals surface area (Å²) >= 11 is 3.43. The molecule has 0 radical (unpaired) electrons. The van der Waals surface area contributed by atoms with Crippen molar-refractivity contribution in [1.29, 1.82) is 0 Å². The topological polar surface area (TPSA) is 64.7 Å². The molecule has 0 amide bonds.